The zero-order valence-electron chi connectivity index (χ0n) is 15.3. The molecule has 3 rings (SSSR count). The molecular formula is C20H25N3O3. The summed E-state index contributed by atoms with van der Waals surface area (Å²) in [6, 6.07) is 7.22. The quantitative estimate of drug-likeness (QED) is 0.806. The molecule has 0 radical (unpaired) electrons. The van der Waals surface area contributed by atoms with E-state index in [1.807, 2.05) is 26.0 Å². The van der Waals surface area contributed by atoms with Gasteiger partial charge in [-0.15, -0.1) is 0 Å². The lowest BCUT2D eigenvalue weighted by Crippen LogP contribution is -2.38. The molecule has 0 spiro atoms. The van der Waals surface area contributed by atoms with Crippen LogP contribution >= 0.6 is 0 Å². The van der Waals surface area contributed by atoms with E-state index in [4.69, 9.17) is 4.74 Å². The molecule has 0 saturated heterocycles. The van der Waals surface area contributed by atoms with Crippen LogP contribution in [0.3, 0.4) is 0 Å². The lowest BCUT2D eigenvalue weighted by atomic mass is 9.95. The molecule has 1 fully saturated rings. The fourth-order valence-corrected chi connectivity index (χ4v) is 3.18. The monoisotopic (exact) mass is 355 g/mol. The van der Waals surface area contributed by atoms with Crippen LogP contribution in [0.4, 0.5) is 0 Å². The van der Waals surface area contributed by atoms with Crippen LogP contribution in [0.15, 0.2) is 24.3 Å². The third kappa shape index (κ3) is 4.50. The molecular weight excluding hydrogens is 330 g/mol. The standard InChI is InChI=1S/C20H25N3O3/c1-13-14(2)22-19(21-13)15-8-10-16(11-9-15)20(25)26-12-18(24)23-17-6-4-3-5-7-17/h8-11,17H,3-7,12H2,1-2H3,(H,21,22)(H,23,24). The predicted molar refractivity (Wildman–Crippen MR) is 98.8 cm³/mol. The second-order valence-electron chi connectivity index (χ2n) is 6.85. The number of imidazole rings is 1. The molecule has 6 nitrogen and oxygen atoms in total. The van der Waals surface area contributed by atoms with Crippen LogP contribution in [0.2, 0.25) is 0 Å². The average molecular weight is 355 g/mol. The molecule has 0 atom stereocenters. The first-order valence-corrected chi connectivity index (χ1v) is 9.13. The van der Waals surface area contributed by atoms with Gasteiger partial charge in [-0.2, -0.15) is 0 Å². The van der Waals surface area contributed by atoms with E-state index >= 15 is 0 Å². The number of esters is 1. The summed E-state index contributed by atoms with van der Waals surface area (Å²) in [5.74, 6) is 0.0392. The Balaban J connectivity index is 1.52. The van der Waals surface area contributed by atoms with E-state index in [1.54, 1.807) is 12.1 Å². The third-order valence-electron chi connectivity index (χ3n) is 4.83. The molecule has 6 heteroatoms. The number of rotatable bonds is 5. The second kappa shape index (κ2) is 8.17. The van der Waals surface area contributed by atoms with E-state index in [-0.39, 0.29) is 18.6 Å². The lowest BCUT2D eigenvalue weighted by molar-refractivity contribution is -0.125. The van der Waals surface area contributed by atoms with Crippen molar-refractivity contribution in [3.63, 3.8) is 0 Å². The fourth-order valence-electron chi connectivity index (χ4n) is 3.18. The molecule has 0 bridgehead atoms. The van der Waals surface area contributed by atoms with Gasteiger partial charge >= 0.3 is 5.97 Å². The minimum Gasteiger partial charge on any atom is -0.452 e. The van der Waals surface area contributed by atoms with E-state index in [2.05, 4.69) is 15.3 Å². The number of amides is 1. The average Bonchev–Trinajstić information content (AvgIpc) is 2.99. The van der Waals surface area contributed by atoms with Crippen molar-refractivity contribution in [1.82, 2.24) is 15.3 Å². The van der Waals surface area contributed by atoms with Crippen molar-refractivity contribution in [1.29, 1.82) is 0 Å². The van der Waals surface area contributed by atoms with Gasteiger partial charge in [0.25, 0.3) is 5.91 Å². The molecule has 26 heavy (non-hydrogen) atoms. The molecule has 1 heterocycles. The van der Waals surface area contributed by atoms with E-state index in [0.717, 1.165) is 48.5 Å². The van der Waals surface area contributed by atoms with Gasteiger partial charge in [-0.25, -0.2) is 9.78 Å². The van der Waals surface area contributed by atoms with Gasteiger partial charge in [0.05, 0.1) is 11.3 Å². The largest absolute Gasteiger partial charge is 0.452 e. The first kappa shape index (κ1) is 18.2. The van der Waals surface area contributed by atoms with E-state index in [1.165, 1.54) is 6.42 Å². The maximum Gasteiger partial charge on any atom is 0.338 e. The zero-order chi connectivity index (χ0) is 18.5. The summed E-state index contributed by atoms with van der Waals surface area (Å²) in [4.78, 5) is 31.7. The number of carbonyl (C=O) groups is 2. The van der Waals surface area contributed by atoms with Crippen molar-refractivity contribution in [2.24, 2.45) is 0 Å². The van der Waals surface area contributed by atoms with E-state index in [0.29, 0.717) is 5.56 Å². The molecule has 0 unspecified atom stereocenters. The summed E-state index contributed by atoms with van der Waals surface area (Å²) in [5.41, 5.74) is 3.28. The van der Waals surface area contributed by atoms with Crippen molar-refractivity contribution >= 4 is 11.9 Å². The van der Waals surface area contributed by atoms with Crippen LogP contribution in [-0.2, 0) is 9.53 Å². The summed E-state index contributed by atoms with van der Waals surface area (Å²) >= 11 is 0. The molecule has 1 amide bonds. The summed E-state index contributed by atoms with van der Waals surface area (Å²) in [6.45, 7) is 3.67. The van der Waals surface area contributed by atoms with Crippen molar-refractivity contribution in [3.8, 4) is 11.4 Å². The number of aromatic nitrogens is 2. The highest BCUT2D eigenvalue weighted by Gasteiger charge is 2.17. The van der Waals surface area contributed by atoms with Gasteiger partial charge in [0.15, 0.2) is 6.61 Å². The number of carbonyl (C=O) groups excluding carboxylic acids is 2. The molecule has 2 aromatic rings. The maximum absolute atomic E-state index is 12.1. The Bertz CT molecular complexity index is 755. The number of H-pyrrole nitrogens is 1. The minimum atomic E-state index is -0.498. The number of ether oxygens (including phenoxy) is 1. The molecule has 138 valence electrons. The summed E-state index contributed by atoms with van der Waals surface area (Å²) in [5, 5.41) is 2.94. The first-order valence-electron chi connectivity index (χ1n) is 9.13. The van der Waals surface area contributed by atoms with Crippen LogP contribution in [0.5, 0.6) is 0 Å². The Morgan fingerprint density at radius 3 is 2.46 bits per heavy atom. The normalized spacial score (nSPS) is 14.8. The number of nitrogens with one attached hydrogen (secondary N) is 2. The topological polar surface area (TPSA) is 84.1 Å². The molecule has 1 saturated carbocycles. The highest BCUT2D eigenvalue weighted by molar-refractivity contribution is 5.91. The van der Waals surface area contributed by atoms with Crippen molar-refractivity contribution < 1.29 is 14.3 Å². The van der Waals surface area contributed by atoms with Crippen LogP contribution < -0.4 is 5.32 Å². The molecule has 2 N–H and O–H groups in total. The van der Waals surface area contributed by atoms with Gasteiger partial charge in [0.1, 0.15) is 5.82 Å². The molecule has 1 aromatic carbocycles. The van der Waals surface area contributed by atoms with Gasteiger partial charge in [-0.1, -0.05) is 31.4 Å². The number of hydrogen-bond donors (Lipinski definition) is 2. The first-order chi connectivity index (χ1) is 12.5. The highest BCUT2D eigenvalue weighted by Crippen LogP contribution is 2.19. The maximum atomic E-state index is 12.1. The van der Waals surface area contributed by atoms with Gasteiger partial charge in [0, 0.05) is 17.3 Å². The number of nitrogens with zero attached hydrogens (tertiary/aromatic N) is 1. The molecule has 1 aliphatic rings. The third-order valence-corrected chi connectivity index (χ3v) is 4.83. The van der Waals surface area contributed by atoms with Crippen LogP contribution in [-0.4, -0.2) is 34.5 Å². The second-order valence-corrected chi connectivity index (χ2v) is 6.85. The van der Waals surface area contributed by atoms with Crippen LogP contribution in [0.1, 0.15) is 53.8 Å². The predicted octanol–water partition coefficient (Wildman–Crippen LogP) is 3.30. The molecule has 1 aromatic heterocycles. The number of hydrogen-bond acceptors (Lipinski definition) is 4. The number of benzene rings is 1. The molecule has 0 aliphatic heterocycles. The lowest BCUT2D eigenvalue weighted by Gasteiger charge is -2.22. The minimum absolute atomic E-state index is 0.217. The van der Waals surface area contributed by atoms with Crippen molar-refractivity contribution in [2.45, 2.75) is 52.0 Å². The van der Waals surface area contributed by atoms with Crippen LogP contribution in [0.25, 0.3) is 11.4 Å². The van der Waals surface area contributed by atoms with Crippen molar-refractivity contribution in [2.75, 3.05) is 6.61 Å². The smallest absolute Gasteiger partial charge is 0.338 e. The van der Waals surface area contributed by atoms with Crippen molar-refractivity contribution in [3.05, 3.63) is 41.2 Å². The summed E-state index contributed by atoms with van der Waals surface area (Å²) in [6.07, 6.45) is 5.53. The van der Waals surface area contributed by atoms with E-state index < -0.39 is 5.97 Å². The van der Waals surface area contributed by atoms with Gasteiger partial charge in [-0.05, 0) is 38.8 Å². The Morgan fingerprint density at radius 1 is 1.15 bits per heavy atom. The number of aryl methyl sites for hydroxylation is 2. The summed E-state index contributed by atoms with van der Waals surface area (Å²) < 4.78 is 5.13. The Hall–Kier alpha value is -2.63. The van der Waals surface area contributed by atoms with Gasteiger partial charge in [0.2, 0.25) is 0 Å². The highest BCUT2D eigenvalue weighted by atomic mass is 16.5. The zero-order valence-corrected chi connectivity index (χ0v) is 15.3. The van der Waals surface area contributed by atoms with Gasteiger partial charge < -0.3 is 15.0 Å². The van der Waals surface area contributed by atoms with Crippen LogP contribution in [0, 0.1) is 13.8 Å². The Morgan fingerprint density at radius 2 is 1.85 bits per heavy atom. The fraction of sp³-hybridized carbons (Fsp3) is 0.450. The van der Waals surface area contributed by atoms with E-state index in [9.17, 15) is 9.59 Å². The SMILES string of the molecule is Cc1nc(-c2ccc(C(=O)OCC(=O)NC3CCCCC3)cc2)[nH]c1C. The van der Waals surface area contributed by atoms with Gasteiger partial charge in [-0.3, -0.25) is 4.79 Å². The Labute approximate surface area is 153 Å². The summed E-state index contributed by atoms with van der Waals surface area (Å²) in [7, 11) is 0. The Kier molecular flexibility index (Phi) is 5.71. The number of aromatic amines is 1. The molecule has 1 aliphatic carbocycles.